The molecule has 24 aromatic rings. The lowest BCUT2D eigenvalue weighted by molar-refractivity contribution is 0.590. The van der Waals surface area contributed by atoms with E-state index in [4.69, 9.17) is 0 Å². The first-order valence-corrected chi connectivity index (χ1v) is 51.3. The molecule has 0 aliphatic heterocycles. The van der Waals surface area contributed by atoms with Crippen molar-refractivity contribution in [3.05, 3.63) is 581 Å². The van der Waals surface area contributed by atoms with Gasteiger partial charge >= 0.3 is 0 Å². The Bertz CT molecular complexity index is 8210. The van der Waals surface area contributed by atoms with E-state index in [1.165, 1.54) is 154 Å². The maximum atomic E-state index is 2.43. The van der Waals surface area contributed by atoms with E-state index < -0.39 is 0 Å². The fourth-order valence-corrected chi connectivity index (χ4v) is 21.2. The maximum absolute atomic E-state index is 2.43. The van der Waals surface area contributed by atoms with Crippen LogP contribution in [0.4, 0.5) is 68.2 Å². The molecule has 0 N–H and O–H groups in total. The van der Waals surface area contributed by atoms with E-state index in [-0.39, 0.29) is 10.8 Å². The van der Waals surface area contributed by atoms with E-state index in [1.807, 2.05) is 0 Å². The second-order valence-electron chi connectivity index (χ2n) is 40.3. The van der Waals surface area contributed by atoms with Gasteiger partial charge in [-0.2, -0.15) is 0 Å². The topological polar surface area (TPSA) is 13.0 Å². The van der Waals surface area contributed by atoms with Crippen LogP contribution in [0.2, 0.25) is 0 Å². The van der Waals surface area contributed by atoms with Gasteiger partial charge in [-0.05, 0) is 322 Å². The third kappa shape index (κ3) is 19.3. The molecule has 0 fully saturated rings. The highest BCUT2D eigenvalue weighted by atomic mass is 15.2. The van der Waals surface area contributed by atoms with Gasteiger partial charge in [-0.25, -0.2) is 0 Å². The molecule has 0 saturated heterocycles. The minimum Gasteiger partial charge on any atom is -0.310 e. The molecular formula is C144H112N4. The number of anilines is 12. The van der Waals surface area contributed by atoms with E-state index in [1.54, 1.807) is 0 Å². The van der Waals surface area contributed by atoms with Crippen molar-refractivity contribution in [3.63, 3.8) is 0 Å². The molecule has 0 aromatic heterocycles. The van der Waals surface area contributed by atoms with Crippen LogP contribution in [0.1, 0.15) is 52.7 Å². The van der Waals surface area contributed by atoms with Crippen molar-refractivity contribution in [1.82, 2.24) is 0 Å². The predicted octanol–water partition coefficient (Wildman–Crippen LogP) is 41.1. The second kappa shape index (κ2) is 41.1. The Hall–Kier alpha value is -18.5. The first-order chi connectivity index (χ1) is 72.7. The Morgan fingerprint density at radius 2 is 0.236 bits per heavy atom. The van der Waals surface area contributed by atoms with Crippen molar-refractivity contribution in [2.24, 2.45) is 0 Å². The number of benzene rings is 24. The third-order valence-corrected chi connectivity index (χ3v) is 28.8. The fraction of sp³-hybridized carbons (Fsp3) is 0.0556. The number of hydrogen-bond acceptors (Lipinski definition) is 4. The summed E-state index contributed by atoms with van der Waals surface area (Å²) in [4.78, 5) is 9.58. The molecule has 0 radical (unpaired) electrons. The van der Waals surface area contributed by atoms with Crippen molar-refractivity contribution >= 4 is 111 Å². The van der Waals surface area contributed by atoms with E-state index in [9.17, 15) is 0 Å². The summed E-state index contributed by atoms with van der Waals surface area (Å²) in [5.74, 6) is 0. The average molecular weight is 1900 g/mol. The zero-order valence-corrected chi connectivity index (χ0v) is 84.1. The highest BCUT2D eigenvalue weighted by molar-refractivity contribution is 6.25. The quantitative estimate of drug-likeness (QED) is 0.0627. The van der Waals surface area contributed by atoms with Crippen molar-refractivity contribution in [2.75, 3.05) is 19.6 Å². The lowest BCUT2D eigenvalue weighted by atomic mass is 9.84. The Morgan fingerprint density at radius 3 is 0.405 bits per heavy atom. The summed E-state index contributed by atoms with van der Waals surface area (Å²) in [7, 11) is 0. The van der Waals surface area contributed by atoms with Gasteiger partial charge in [0.15, 0.2) is 0 Å². The van der Waals surface area contributed by atoms with Crippen LogP contribution in [0.5, 0.6) is 0 Å². The normalized spacial score (nSPS) is 11.4. The highest BCUT2D eigenvalue weighted by Crippen LogP contribution is 2.54. The molecular weight excluding hydrogens is 1790 g/mol. The Morgan fingerprint density at radius 1 is 0.108 bits per heavy atom. The summed E-state index contributed by atoms with van der Waals surface area (Å²) in [6.45, 7) is 13.7. The maximum Gasteiger partial charge on any atom is 0.0468 e. The predicted molar refractivity (Wildman–Crippen MR) is 633 cm³/mol. The van der Waals surface area contributed by atoms with Crippen LogP contribution in [0.25, 0.3) is 154 Å². The number of hydrogen-bond donors (Lipinski definition) is 0. The van der Waals surface area contributed by atoms with Crippen molar-refractivity contribution in [1.29, 1.82) is 0 Å². The van der Waals surface area contributed by atoms with Gasteiger partial charge < -0.3 is 19.6 Å². The third-order valence-electron chi connectivity index (χ3n) is 28.8. The first kappa shape index (κ1) is 93.2. The molecule has 0 aliphatic carbocycles. The lowest BCUT2D eigenvalue weighted by Gasteiger charge is -2.29. The summed E-state index contributed by atoms with van der Waals surface area (Å²) < 4.78 is 0. The number of rotatable bonds is 22. The summed E-state index contributed by atoms with van der Waals surface area (Å²) >= 11 is 0. The van der Waals surface area contributed by atoms with E-state index >= 15 is 0 Å². The fourth-order valence-electron chi connectivity index (χ4n) is 21.2. The number of nitrogens with zero attached hydrogens (tertiary/aromatic N) is 4. The molecule has 4 nitrogen and oxygen atoms in total. The molecule has 0 bridgehead atoms. The monoisotopic (exact) mass is 1900 g/mol. The minimum atomic E-state index is 0.0373. The smallest absolute Gasteiger partial charge is 0.0468 e. The molecule has 24 aromatic carbocycles. The molecule has 0 saturated carbocycles. The van der Waals surface area contributed by atoms with Crippen molar-refractivity contribution in [2.45, 2.75) is 52.4 Å². The highest BCUT2D eigenvalue weighted by Gasteiger charge is 2.28. The van der Waals surface area contributed by atoms with Gasteiger partial charge in [0.05, 0.1) is 0 Å². The van der Waals surface area contributed by atoms with E-state index in [0.29, 0.717) is 0 Å². The molecule has 0 amide bonds. The molecule has 24 rings (SSSR count). The largest absolute Gasteiger partial charge is 0.310 e. The van der Waals surface area contributed by atoms with Crippen molar-refractivity contribution < 1.29 is 0 Å². The van der Waals surface area contributed by atoms with Crippen LogP contribution >= 0.6 is 0 Å². The number of para-hydroxylation sites is 4. The second-order valence-corrected chi connectivity index (χ2v) is 40.3. The SMILES string of the molecule is CC(C)(C)c1ccc(N(c2ccccc2)c2ccc3c(-c4ccc(-c5ccccc5)cc4)c4cc(N(c5ccccc5)c5ccc(C(C)(C)C)cc5)ccc4c(-c4ccc(-c5ccccc5)cc4)c3c2)cc1.c1ccc(-c2ccc(-c3c4ccc(N(c5ccccc5)c5ccc(-c6ccccc6)cc5)cc4c(-c4ccc(-c5ccccc5)cc4)c4ccc(N(c5ccccc5)c5ccc(-c6ccccc6)cc5)cc34)cc2)cc1. The average Bonchev–Trinajstić information content (AvgIpc) is 0.723. The van der Waals surface area contributed by atoms with E-state index in [0.717, 1.165) is 79.4 Å². The van der Waals surface area contributed by atoms with Crippen LogP contribution < -0.4 is 19.6 Å². The van der Waals surface area contributed by atoms with Crippen LogP contribution in [0.15, 0.2) is 570 Å². The van der Waals surface area contributed by atoms with Gasteiger partial charge in [0.1, 0.15) is 0 Å². The summed E-state index contributed by atoms with van der Waals surface area (Å²) in [5.41, 5.74) is 39.5. The van der Waals surface area contributed by atoms with Crippen molar-refractivity contribution in [3.8, 4) is 111 Å². The van der Waals surface area contributed by atoms with Crippen LogP contribution in [-0.4, -0.2) is 0 Å². The Balaban J connectivity index is 0.000000163. The van der Waals surface area contributed by atoms with Gasteiger partial charge in [-0.1, -0.05) is 466 Å². The molecule has 4 heteroatoms. The zero-order chi connectivity index (χ0) is 100. The van der Waals surface area contributed by atoms with Crippen LogP contribution in [-0.2, 0) is 10.8 Å². The van der Waals surface area contributed by atoms with Crippen LogP contribution in [0.3, 0.4) is 0 Å². The molecule has 0 unspecified atom stereocenters. The van der Waals surface area contributed by atoms with Gasteiger partial charge in [0.2, 0.25) is 0 Å². The van der Waals surface area contributed by atoms with Gasteiger partial charge in [0, 0.05) is 68.2 Å². The summed E-state index contributed by atoms with van der Waals surface area (Å²) in [6, 6.07) is 208. The molecule has 0 heterocycles. The number of fused-ring (bicyclic) bond motifs is 4. The lowest BCUT2D eigenvalue weighted by Crippen LogP contribution is -2.13. The standard InChI is InChI=1S/C74H52N2.C70H60N2/c1-7-19-53(20-8-1)57-31-35-61(36-32-57)73-69-49-47-68(76(64-29-17-6-18-30-64)66-45-41-60(42-46-66)56-25-13-4-14-26-56)52-72(69)74(62-37-33-58(34-38-62)54-21-9-2-10-22-54)70-50-48-67(51-71(70)73)75(63-27-15-5-16-28-63)65-43-39-59(40-44-65)55-23-11-3-12-24-55;1-69(2,3)55-35-39-59(40-36-55)71(57-23-15-9-16-24-57)61-43-45-63-65(47-61)67(53-31-27-51(28-32-53)49-19-11-7-12-20-49)64-46-44-62(48-66(64)68(63)54-33-29-52(30-34-54)50-21-13-8-14-22-50)72(58-25-17-10-18-26-58)60-41-37-56(38-42-60)70(4,5)6/h1-52H;7-48H,1-6H3. The minimum absolute atomic E-state index is 0.0373. The molecule has 708 valence electrons. The Labute approximate surface area is 869 Å². The van der Waals surface area contributed by atoms with E-state index in [2.05, 4.69) is 631 Å². The summed E-state index contributed by atoms with van der Waals surface area (Å²) in [5, 5.41) is 9.45. The molecule has 148 heavy (non-hydrogen) atoms. The summed E-state index contributed by atoms with van der Waals surface area (Å²) in [6.07, 6.45) is 0. The molecule has 0 aliphatic rings. The van der Waals surface area contributed by atoms with Gasteiger partial charge in [0.25, 0.3) is 0 Å². The molecule has 0 atom stereocenters. The first-order valence-electron chi connectivity index (χ1n) is 51.3. The Kier molecular flexibility index (Phi) is 25.9. The molecule has 0 spiro atoms. The van der Waals surface area contributed by atoms with Gasteiger partial charge in [-0.15, -0.1) is 0 Å². The van der Waals surface area contributed by atoms with Gasteiger partial charge in [-0.3, -0.25) is 0 Å². The van der Waals surface area contributed by atoms with Crippen LogP contribution in [0, 0.1) is 0 Å². The zero-order valence-electron chi connectivity index (χ0n) is 84.1.